The predicted molar refractivity (Wildman–Crippen MR) is 67.4 cm³/mol. The third-order valence-electron chi connectivity index (χ3n) is 2.91. The molecule has 0 unspecified atom stereocenters. The van der Waals surface area contributed by atoms with Gasteiger partial charge in [-0.3, -0.25) is 4.79 Å². The molecule has 0 N–H and O–H groups in total. The average Bonchev–Trinajstić information content (AvgIpc) is 2.50. The Bertz CT molecular complexity index is 555. The quantitative estimate of drug-likeness (QED) is 0.727. The summed E-state index contributed by atoms with van der Waals surface area (Å²) in [6.45, 7) is 4.17. The zero-order chi connectivity index (χ0) is 11.9. The lowest BCUT2D eigenvalue weighted by Crippen LogP contribution is -2.00. The van der Waals surface area contributed by atoms with E-state index >= 15 is 0 Å². The largest absolute Gasteiger partial charge is 0.347 e. The van der Waals surface area contributed by atoms with Gasteiger partial charge in [-0.2, -0.15) is 0 Å². The van der Waals surface area contributed by atoms with Gasteiger partial charge in [0.2, 0.25) is 0 Å². The molecule has 2 nitrogen and oxygen atoms in total. The molecular formula is C13H14ClNO. The van der Waals surface area contributed by atoms with Gasteiger partial charge in [0.15, 0.2) is 6.29 Å². The molecule has 0 radical (unpaired) electrons. The molecule has 0 aliphatic rings. The van der Waals surface area contributed by atoms with Crippen LogP contribution >= 0.6 is 11.6 Å². The monoisotopic (exact) mass is 235 g/mol. The van der Waals surface area contributed by atoms with Crippen molar-refractivity contribution in [2.75, 3.05) is 0 Å². The minimum absolute atomic E-state index is 0.316. The number of benzene rings is 1. The number of aldehydes is 1. The van der Waals surface area contributed by atoms with Crippen molar-refractivity contribution in [2.24, 2.45) is 7.05 Å². The van der Waals surface area contributed by atoms with Crippen LogP contribution in [0.2, 0.25) is 5.02 Å². The van der Waals surface area contributed by atoms with E-state index in [0.717, 1.165) is 28.4 Å². The molecule has 0 atom stereocenters. The molecule has 0 amide bonds. The van der Waals surface area contributed by atoms with Crippen LogP contribution in [0.3, 0.4) is 0 Å². The van der Waals surface area contributed by atoms with Crippen molar-refractivity contribution in [3.63, 3.8) is 0 Å². The number of aryl methyl sites for hydroxylation is 1. The second kappa shape index (κ2) is 3.95. The number of halogens is 1. The van der Waals surface area contributed by atoms with E-state index < -0.39 is 0 Å². The molecule has 16 heavy (non-hydrogen) atoms. The lowest BCUT2D eigenvalue weighted by Gasteiger charge is -2.08. The van der Waals surface area contributed by atoms with Gasteiger partial charge < -0.3 is 4.57 Å². The highest BCUT2D eigenvalue weighted by molar-refractivity contribution is 6.31. The van der Waals surface area contributed by atoms with Gasteiger partial charge in [-0.25, -0.2) is 0 Å². The highest BCUT2D eigenvalue weighted by atomic mass is 35.5. The van der Waals surface area contributed by atoms with Gasteiger partial charge in [-0.1, -0.05) is 25.4 Å². The number of aromatic nitrogens is 1. The molecule has 0 fully saturated rings. The van der Waals surface area contributed by atoms with Gasteiger partial charge >= 0.3 is 0 Å². The first-order chi connectivity index (χ1) is 7.56. The van der Waals surface area contributed by atoms with E-state index in [9.17, 15) is 4.79 Å². The van der Waals surface area contributed by atoms with Crippen molar-refractivity contribution in [1.29, 1.82) is 0 Å². The molecule has 0 spiro atoms. The van der Waals surface area contributed by atoms with E-state index in [1.165, 1.54) is 0 Å². The zero-order valence-corrected chi connectivity index (χ0v) is 10.4. The van der Waals surface area contributed by atoms with Crippen molar-refractivity contribution in [2.45, 2.75) is 19.8 Å². The summed E-state index contributed by atoms with van der Waals surface area (Å²) in [5.41, 5.74) is 2.87. The molecule has 0 saturated heterocycles. The summed E-state index contributed by atoms with van der Waals surface area (Å²) in [5, 5.41) is 1.60. The second-order valence-electron chi connectivity index (χ2n) is 4.29. The zero-order valence-electron chi connectivity index (χ0n) is 9.62. The third kappa shape index (κ3) is 1.54. The molecule has 0 aliphatic carbocycles. The van der Waals surface area contributed by atoms with Gasteiger partial charge in [0.05, 0.1) is 0 Å². The Morgan fingerprint density at radius 1 is 1.38 bits per heavy atom. The molecule has 1 heterocycles. The summed E-state index contributed by atoms with van der Waals surface area (Å²) in [4.78, 5) is 11.2. The van der Waals surface area contributed by atoms with Crippen molar-refractivity contribution in [3.05, 3.63) is 34.5 Å². The molecule has 1 aromatic carbocycles. The minimum atomic E-state index is 0.316. The lowest BCUT2D eigenvalue weighted by molar-refractivity contribution is 0.112. The van der Waals surface area contributed by atoms with Crippen molar-refractivity contribution >= 4 is 28.8 Å². The number of hydrogen-bond acceptors (Lipinski definition) is 1. The molecule has 1 aromatic heterocycles. The Morgan fingerprint density at radius 3 is 2.62 bits per heavy atom. The number of hydrogen-bond donors (Lipinski definition) is 0. The van der Waals surface area contributed by atoms with Crippen LogP contribution < -0.4 is 0 Å². The SMILES string of the molecule is CC(C)c1c(C=O)c2cc(Cl)ccc2n1C. The summed E-state index contributed by atoms with van der Waals surface area (Å²) in [6, 6.07) is 5.66. The first-order valence-corrected chi connectivity index (χ1v) is 5.67. The van der Waals surface area contributed by atoms with Crippen LogP contribution in [0.15, 0.2) is 18.2 Å². The smallest absolute Gasteiger partial charge is 0.152 e. The average molecular weight is 236 g/mol. The van der Waals surface area contributed by atoms with Gasteiger partial charge in [-0.15, -0.1) is 0 Å². The summed E-state index contributed by atoms with van der Waals surface area (Å²) in [6.07, 6.45) is 0.925. The van der Waals surface area contributed by atoms with E-state index in [-0.39, 0.29) is 0 Å². The summed E-state index contributed by atoms with van der Waals surface area (Å²) in [5.74, 6) is 0.316. The van der Waals surface area contributed by atoms with Gasteiger partial charge in [0.25, 0.3) is 0 Å². The number of carbonyl (C=O) groups is 1. The first kappa shape index (κ1) is 11.2. The van der Waals surface area contributed by atoms with E-state index in [1.807, 2.05) is 25.2 Å². The molecule has 2 aromatic rings. The van der Waals surface area contributed by atoms with Gasteiger partial charge in [-0.05, 0) is 24.1 Å². The Kier molecular flexibility index (Phi) is 2.76. The van der Waals surface area contributed by atoms with Crippen LogP contribution in [0.25, 0.3) is 10.9 Å². The van der Waals surface area contributed by atoms with Crippen LogP contribution in [-0.2, 0) is 7.05 Å². The number of carbonyl (C=O) groups excluding carboxylic acids is 1. The van der Waals surface area contributed by atoms with E-state index in [4.69, 9.17) is 11.6 Å². The topological polar surface area (TPSA) is 22.0 Å². The maximum atomic E-state index is 11.2. The minimum Gasteiger partial charge on any atom is -0.347 e. The molecule has 0 bridgehead atoms. The van der Waals surface area contributed by atoms with E-state index in [0.29, 0.717) is 10.9 Å². The number of nitrogens with zero attached hydrogens (tertiary/aromatic N) is 1. The van der Waals surface area contributed by atoms with E-state index in [1.54, 1.807) is 0 Å². The molecule has 0 aliphatic heterocycles. The fourth-order valence-electron chi connectivity index (χ4n) is 2.29. The second-order valence-corrected chi connectivity index (χ2v) is 4.73. The highest BCUT2D eigenvalue weighted by Gasteiger charge is 2.16. The van der Waals surface area contributed by atoms with E-state index in [2.05, 4.69) is 18.4 Å². The van der Waals surface area contributed by atoms with Crippen LogP contribution in [0.1, 0.15) is 35.8 Å². The van der Waals surface area contributed by atoms with Crippen molar-refractivity contribution in [1.82, 2.24) is 4.57 Å². The standard InChI is InChI=1S/C13H14ClNO/c1-8(2)13-11(7-16)10-6-9(14)4-5-12(10)15(13)3/h4-8H,1-3H3. The molecular weight excluding hydrogens is 222 g/mol. The van der Waals surface area contributed by atoms with Gasteiger partial charge in [0, 0.05) is 34.2 Å². The maximum absolute atomic E-state index is 11.2. The third-order valence-corrected chi connectivity index (χ3v) is 3.15. The Labute approximate surface area is 99.8 Å². The van der Waals surface area contributed by atoms with Gasteiger partial charge in [0.1, 0.15) is 0 Å². The fraction of sp³-hybridized carbons (Fsp3) is 0.308. The molecule has 84 valence electrons. The summed E-state index contributed by atoms with van der Waals surface area (Å²) < 4.78 is 2.07. The summed E-state index contributed by atoms with van der Waals surface area (Å²) >= 11 is 5.96. The molecule has 3 heteroatoms. The molecule has 0 saturated carbocycles. The summed E-state index contributed by atoms with van der Waals surface area (Å²) in [7, 11) is 1.98. The van der Waals surface area contributed by atoms with Crippen LogP contribution in [0, 0.1) is 0 Å². The van der Waals surface area contributed by atoms with Crippen LogP contribution in [0.4, 0.5) is 0 Å². The first-order valence-electron chi connectivity index (χ1n) is 5.29. The number of rotatable bonds is 2. The van der Waals surface area contributed by atoms with Crippen LogP contribution in [-0.4, -0.2) is 10.9 Å². The van der Waals surface area contributed by atoms with Crippen molar-refractivity contribution in [3.8, 4) is 0 Å². The Balaban J connectivity index is 2.91. The highest BCUT2D eigenvalue weighted by Crippen LogP contribution is 2.30. The fourth-order valence-corrected chi connectivity index (χ4v) is 2.46. The Morgan fingerprint density at radius 2 is 2.06 bits per heavy atom. The predicted octanol–water partition coefficient (Wildman–Crippen LogP) is 3.77. The Hall–Kier alpha value is -1.28. The number of fused-ring (bicyclic) bond motifs is 1. The van der Waals surface area contributed by atoms with Crippen molar-refractivity contribution < 1.29 is 4.79 Å². The molecule has 2 rings (SSSR count). The maximum Gasteiger partial charge on any atom is 0.152 e. The normalized spacial score (nSPS) is 11.3. The lowest BCUT2D eigenvalue weighted by atomic mass is 10.0. The van der Waals surface area contributed by atoms with Crippen LogP contribution in [0.5, 0.6) is 0 Å².